The van der Waals surface area contributed by atoms with Crippen LogP contribution in [0.2, 0.25) is 0 Å². The topological polar surface area (TPSA) is 33.3 Å². The van der Waals surface area contributed by atoms with Crippen LogP contribution < -0.4 is 4.57 Å². The van der Waals surface area contributed by atoms with Crippen LogP contribution in [0.3, 0.4) is 0 Å². The molecule has 0 saturated carbocycles. The van der Waals surface area contributed by atoms with E-state index < -0.39 is 6.04 Å². The Hall–Kier alpha value is -2.37. The number of pyridine rings is 1. The van der Waals surface area contributed by atoms with Crippen LogP contribution in [-0.2, 0) is 19.2 Å². The van der Waals surface area contributed by atoms with Gasteiger partial charge in [-0.15, -0.1) is 11.3 Å². The number of carbonyl (C=O) groups excluding carboxylic acids is 1. The molecule has 0 amide bonds. The highest BCUT2D eigenvalue weighted by Crippen LogP contribution is 2.17. The summed E-state index contributed by atoms with van der Waals surface area (Å²) in [5, 5.41) is 2.30. The quantitative estimate of drug-likeness (QED) is 0.218. The normalized spacial score (nSPS) is 12.8. The van der Waals surface area contributed by atoms with Gasteiger partial charge in [0.15, 0.2) is 12.4 Å². The summed E-state index contributed by atoms with van der Waals surface area (Å²) in [6, 6.07) is 16.9. The summed E-state index contributed by atoms with van der Waals surface area (Å²) < 4.78 is 1.86. The van der Waals surface area contributed by atoms with E-state index in [1.807, 2.05) is 83.9 Å². The number of Topliss-reactive ketones (excluding diaryl/α,β-unsaturated/α-hetero) is 1. The highest BCUT2D eigenvalue weighted by atomic mass is 32.1. The van der Waals surface area contributed by atoms with Crippen LogP contribution in [0.4, 0.5) is 0 Å². The van der Waals surface area contributed by atoms with Crippen LogP contribution in [0.25, 0.3) is 0 Å². The number of rotatable bonds is 6. The molecule has 0 unspecified atom stereocenters. The van der Waals surface area contributed by atoms with E-state index in [1.165, 1.54) is 11.3 Å². The van der Waals surface area contributed by atoms with Crippen LogP contribution in [0.1, 0.15) is 26.8 Å². The lowest BCUT2D eigenvalue weighted by Crippen LogP contribution is -2.47. The Morgan fingerprint density at radius 1 is 1.16 bits per heavy atom. The number of aromatic nitrogens is 1. The average molecular weight is 367 g/mol. The van der Waals surface area contributed by atoms with Gasteiger partial charge in [-0.3, -0.25) is 4.79 Å². The fraction of sp³-hybridized carbons (Fsp3) is 0.150. The van der Waals surface area contributed by atoms with Crippen LogP contribution in [-0.4, -0.2) is 10.8 Å². The molecule has 2 heterocycles. The molecule has 0 spiro atoms. The summed E-state index contributed by atoms with van der Waals surface area (Å²) in [5.41, 5.74) is 2.14. The van der Waals surface area contributed by atoms with Gasteiger partial charge in [0.05, 0.1) is 11.4 Å². The SMILES string of the molecule is Cc1ccc[n+]([C@@H](C(=O)c2cccs2)C([S-])=NCc2ccccc2)c1. The lowest BCUT2D eigenvalue weighted by Gasteiger charge is -2.18. The number of nitrogens with zero attached hydrogens (tertiary/aromatic N) is 2. The molecule has 5 heteroatoms. The molecule has 2 aromatic heterocycles. The molecule has 3 rings (SSSR count). The van der Waals surface area contributed by atoms with Crippen molar-refractivity contribution in [1.29, 1.82) is 0 Å². The Bertz CT molecular complexity index is 874. The van der Waals surface area contributed by atoms with Gasteiger partial charge in [0.1, 0.15) is 0 Å². The molecular formula is C20H18N2OS2. The fourth-order valence-corrected chi connectivity index (χ4v) is 3.53. The maximum Gasteiger partial charge on any atom is 0.244 e. The van der Waals surface area contributed by atoms with E-state index in [0.717, 1.165) is 11.1 Å². The largest absolute Gasteiger partial charge is 0.758 e. The van der Waals surface area contributed by atoms with Crippen LogP contribution in [0, 0.1) is 6.92 Å². The molecule has 0 fully saturated rings. The van der Waals surface area contributed by atoms with Crippen molar-refractivity contribution in [3.05, 3.63) is 88.4 Å². The van der Waals surface area contributed by atoms with Gasteiger partial charge in [-0.2, -0.15) is 4.57 Å². The van der Waals surface area contributed by atoms with Gasteiger partial charge in [0.2, 0.25) is 11.8 Å². The summed E-state index contributed by atoms with van der Waals surface area (Å²) in [6.45, 7) is 2.47. The van der Waals surface area contributed by atoms with Crippen molar-refractivity contribution in [2.45, 2.75) is 19.5 Å². The number of thiophene rings is 1. The number of hydrogen-bond donors (Lipinski definition) is 0. The van der Waals surface area contributed by atoms with Crippen molar-refractivity contribution in [1.82, 2.24) is 0 Å². The zero-order chi connectivity index (χ0) is 17.6. The summed E-state index contributed by atoms with van der Waals surface area (Å²) >= 11 is 6.97. The Morgan fingerprint density at radius 2 is 1.96 bits per heavy atom. The molecule has 0 aliphatic heterocycles. The van der Waals surface area contributed by atoms with Gasteiger partial charge >= 0.3 is 0 Å². The van der Waals surface area contributed by atoms with E-state index in [2.05, 4.69) is 4.99 Å². The molecule has 3 nitrogen and oxygen atoms in total. The first kappa shape index (κ1) is 17.5. The van der Waals surface area contributed by atoms with E-state index in [9.17, 15) is 4.79 Å². The Kier molecular flexibility index (Phi) is 5.68. The number of ketones is 1. The van der Waals surface area contributed by atoms with E-state index in [0.29, 0.717) is 16.5 Å². The van der Waals surface area contributed by atoms with Gasteiger partial charge in [0.25, 0.3) is 0 Å². The summed E-state index contributed by atoms with van der Waals surface area (Å²) in [6.07, 6.45) is 3.80. The Morgan fingerprint density at radius 3 is 2.64 bits per heavy atom. The maximum absolute atomic E-state index is 13.0. The second-order valence-corrected chi connectivity index (χ2v) is 7.08. The average Bonchev–Trinajstić information content (AvgIpc) is 3.16. The first-order chi connectivity index (χ1) is 12.1. The van der Waals surface area contributed by atoms with Crippen molar-refractivity contribution in [2.75, 3.05) is 0 Å². The molecule has 126 valence electrons. The second kappa shape index (κ2) is 8.14. The third-order valence-electron chi connectivity index (χ3n) is 3.77. The van der Waals surface area contributed by atoms with Gasteiger partial charge in [0, 0.05) is 11.6 Å². The molecule has 25 heavy (non-hydrogen) atoms. The minimum Gasteiger partial charge on any atom is -0.758 e. The number of carbonyl (C=O) groups is 1. The smallest absolute Gasteiger partial charge is 0.244 e. The van der Waals surface area contributed by atoms with Gasteiger partial charge < -0.3 is 17.6 Å². The standard InChI is InChI=1S/C20H18N2OS2/c1-15-7-5-11-22(14-15)18(19(23)17-10-6-12-25-17)20(24)21-13-16-8-3-2-4-9-16/h2-12,14,18H,13H2,1H3/t18-/m0/s1. The first-order valence-corrected chi connectivity index (χ1v) is 9.24. The number of hydrogen-bond acceptors (Lipinski definition) is 4. The van der Waals surface area contributed by atoms with Crippen LogP contribution in [0.5, 0.6) is 0 Å². The monoisotopic (exact) mass is 366 g/mol. The predicted molar refractivity (Wildman–Crippen MR) is 104 cm³/mol. The molecule has 0 aliphatic carbocycles. The van der Waals surface area contributed by atoms with Crippen LogP contribution in [0.15, 0.2) is 77.4 Å². The van der Waals surface area contributed by atoms with E-state index in [-0.39, 0.29) is 5.78 Å². The Balaban J connectivity index is 1.94. The lowest BCUT2D eigenvalue weighted by molar-refractivity contribution is -0.692. The highest BCUT2D eigenvalue weighted by molar-refractivity contribution is 7.77. The lowest BCUT2D eigenvalue weighted by atomic mass is 10.1. The van der Waals surface area contributed by atoms with Crippen molar-refractivity contribution < 1.29 is 9.36 Å². The minimum absolute atomic E-state index is 0.0209. The third-order valence-corrected chi connectivity index (χ3v) is 5.01. The van der Waals surface area contributed by atoms with E-state index in [4.69, 9.17) is 12.6 Å². The van der Waals surface area contributed by atoms with Gasteiger partial charge in [-0.1, -0.05) is 36.4 Å². The second-order valence-electron chi connectivity index (χ2n) is 5.71. The summed E-state index contributed by atoms with van der Waals surface area (Å²) in [7, 11) is 0. The number of aliphatic imine (C=N–C) groups is 1. The van der Waals surface area contributed by atoms with Gasteiger partial charge in [-0.05, 0) is 35.0 Å². The van der Waals surface area contributed by atoms with Crippen molar-refractivity contribution in [3.63, 3.8) is 0 Å². The van der Waals surface area contributed by atoms with Crippen LogP contribution >= 0.6 is 11.3 Å². The first-order valence-electron chi connectivity index (χ1n) is 7.95. The maximum atomic E-state index is 13.0. The zero-order valence-corrected chi connectivity index (χ0v) is 15.5. The fourth-order valence-electron chi connectivity index (χ4n) is 2.54. The highest BCUT2D eigenvalue weighted by Gasteiger charge is 2.29. The molecule has 1 atom stereocenters. The summed E-state index contributed by atoms with van der Waals surface area (Å²) in [4.78, 5) is 18.2. The number of aryl methyl sites for hydroxylation is 1. The summed E-state index contributed by atoms with van der Waals surface area (Å²) in [5.74, 6) is -0.0209. The van der Waals surface area contributed by atoms with E-state index in [1.54, 1.807) is 0 Å². The van der Waals surface area contributed by atoms with Crippen molar-refractivity contribution >= 4 is 34.8 Å². The molecule has 0 N–H and O–H groups in total. The number of benzene rings is 1. The van der Waals surface area contributed by atoms with Crippen molar-refractivity contribution in [3.8, 4) is 0 Å². The minimum atomic E-state index is -0.600. The van der Waals surface area contributed by atoms with Crippen molar-refractivity contribution in [2.24, 2.45) is 4.99 Å². The third kappa shape index (κ3) is 4.38. The van der Waals surface area contributed by atoms with Gasteiger partial charge in [-0.25, -0.2) is 0 Å². The molecular weight excluding hydrogens is 348 g/mol. The predicted octanol–water partition coefficient (Wildman–Crippen LogP) is 3.91. The molecule has 0 radical (unpaired) electrons. The molecule has 0 saturated heterocycles. The zero-order valence-electron chi connectivity index (χ0n) is 13.8. The molecule has 1 aromatic carbocycles. The van der Waals surface area contributed by atoms with E-state index >= 15 is 0 Å². The molecule has 3 aromatic rings. The Labute approximate surface area is 157 Å². The molecule has 0 aliphatic rings. The molecule has 0 bridgehead atoms.